The minimum Gasteiger partial charge on any atom is -0.481 e. The van der Waals surface area contributed by atoms with Crippen LogP contribution >= 0.6 is 0 Å². The smallest absolute Gasteiger partial charge is 0.303 e. The van der Waals surface area contributed by atoms with E-state index >= 15 is 0 Å². The average molecular weight is 662 g/mol. The van der Waals surface area contributed by atoms with E-state index in [1.807, 2.05) is 0 Å². The molecule has 0 aliphatic rings. The number of hydrogen-bond donors (Lipinski definition) is 5. The summed E-state index contributed by atoms with van der Waals surface area (Å²) in [7, 11) is 0. The summed E-state index contributed by atoms with van der Waals surface area (Å²) >= 11 is 0. The van der Waals surface area contributed by atoms with Gasteiger partial charge in [0.15, 0.2) is 0 Å². The second-order valence-corrected chi connectivity index (χ2v) is 12.8. The molecule has 0 aliphatic heterocycles. The number of unbranched alkanes of at least 4 members (excludes halogenated alkanes) is 24. The highest BCUT2D eigenvalue weighted by molar-refractivity contribution is 5.66. The molecule has 5 N–H and O–H groups in total. The minimum absolute atomic E-state index is 0.0694. The van der Waals surface area contributed by atoms with Crippen LogP contribution in [0.3, 0.4) is 0 Å². The van der Waals surface area contributed by atoms with E-state index in [0.29, 0.717) is 32.5 Å². The van der Waals surface area contributed by atoms with Crippen LogP contribution in [-0.4, -0.2) is 81.8 Å². The van der Waals surface area contributed by atoms with Gasteiger partial charge in [-0.3, -0.25) is 14.5 Å². The maximum absolute atomic E-state index is 10.3. The number of carboxylic acid groups (broad SMARTS) is 2. The van der Waals surface area contributed by atoms with Gasteiger partial charge in [0, 0.05) is 32.5 Å². The summed E-state index contributed by atoms with van der Waals surface area (Å²) in [6.45, 7) is 6.27. The quantitative estimate of drug-likeness (QED) is 0.0430. The molecule has 0 amide bonds. The molecule has 278 valence electrons. The van der Waals surface area contributed by atoms with Gasteiger partial charge in [-0.2, -0.15) is 0 Å². The van der Waals surface area contributed by atoms with Crippen molar-refractivity contribution in [2.45, 2.75) is 194 Å². The van der Waals surface area contributed by atoms with E-state index in [0.717, 1.165) is 25.7 Å². The standard InChI is InChI=1S/2C16H32O2.C6H15NO3/c2*1-2-3-4-5-6-7-8-9-10-11-12-13-14-15-16(17)18;8-4-1-7(2-5-9)3-6-10/h2*2-15H2,1H3,(H,17,18);8-10H,1-6H2. The molecule has 0 aromatic rings. The Morgan fingerprint density at radius 3 is 0.739 bits per heavy atom. The molecule has 0 unspecified atom stereocenters. The third kappa shape index (κ3) is 52.3. The lowest BCUT2D eigenvalue weighted by Gasteiger charge is -2.17. The predicted molar refractivity (Wildman–Crippen MR) is 194 cm³/mol. The van der Waals surface area contributed by atoms with Crippen molar-refractivity contribution in [2.24, 2.45) is 0 Å². The van der Waals surface area contributed by atoms with Crippen LogP contribution in [0.5, 0.6) is 0 Å². The lowest BCUT2D eigenvalue weighted by atomic mass is 10.0. The molecule has 8 heteroatoms. The van der Waals surface area contributed by atoms with Crippen molar-refractivity contribution in [1.82, 2.24) is 4.90 Å². The minimum atomic E-state index is -0.655. The zero-order chi connectivity index (χ0) is 34.8. The van der Waals surface area contributed by atoms with Crippen LogP contribution in [0.2, 0.25) is 0 Å². The number of aliphatic carboxylic acids is 2. The largest absolute Gasteiger partial charge is 0.481 e. The Bertz CT molecular complexity index is 523. The maximum Gasteiger partial charge on any atom is 0.303 e. The predicted octanol–water partition coefficient (Wildman–Crippen LogP) is 9.37. The summed E-state index contributed by atoms with van der Waals surface area (Å²) in [6.07, 6.45) is 34.5. The van der Waals surface area contributed by atoms with Crippen LogP contribution in [-0.2, 0) is 9.59 Å². The maximum atomic E-state index is 10.3. The Balaban J connectivity index is -0.000000630. The van der Waals surface area contributed by atoms with Gasteiger partial charge in [0.1, 0.15) is 0 Å². The Morgan fingerprint density at radius 1 is 0.370 bits per heavy atom. The SMILES string of the molecule is CCCCCCCCCCCCCCCC(=O)O.CCCCCCCCCCCCCCCC(=O)O.OCCN(CCO)CCO. The van der Waals surface area contributed by atoms with E-state index in [9.17, 15) is 9.59 Å². The zero-order valence-electron chi connectivity index (χ0n) is 30.5. The Kier molecular flexibility index (Phi) is 49.1. The van der Waals surface area contributed by atoms with Crippen LogP contribution in [0.4, 0.5) is 0 Å². The molecule has 0 bridgehead atoms. The van der Waals surface area contributed by atoms with Gasteiger partial charge in [-0.1, -0.05) is 168 Å². The van der Waals surface area contributed by atoms with Crippen LogP contribution in [0.25, 0.3) is 0 Å². The summed E-state index contributed by atoms with van der Waals surface area (Å²) < 4.78 is 0. The second-order valence-electron chi connectivity index (χ2n) is 12.8. The number of rotatable bonds is 34. The molecule has 0 aromatic carbocycles. The van der Waals surface area contributed by atoms with Crippen molar-refractivity contribution in [2.75, 3.05) is 39.5 Å². The van der Waals surface area contributed by atoms with E-state index in [1.165, 1.54) is 141 Å². The van der Waals surface area contributed by atoms with Gasteiger partial charge in [0.25, 0.3) is 0 Å². The molecule has 0 atom stereocenters. The van der Waals surface area contributed by atoms with E-state index in [4.69, 9.17) is 25.5 Å². The van der Waals surface area contributed by atoms with Gasteiger partial charge in [0.2, 0.25) is 0 Å². The molecule has 46 heavy (non-hydrogen) atoms. The molecule has 0 fully saturated rings. The molecule has 0 spiro atoms. The lowest BCUT2D eigenvalue weighted by molar-refractivity contribution is -0.138. The number of nitrogens with zero attached hydrogens (tertiary/aromatic N) is 1. The molecule has 0 saturated heterocycles. The van der Waals surface area contributed by atoms with E-state index < -0.39 is 11.9 Å². The van der Waals surface area contributed by atoms with Gasteiger partial charge < -0.3 is 25.5 Å². The van der Waals surface area contributed by atoms with Crippen molar-refractivity contribution >= 4 is 11.9 Å². The molecule has 0 radical (unpaired) electrons. The third-order valence-electron chi connectivity index (χ3n) is 8.24. The van der Waals surface area contributed by atoms with E-state index in [-0.39, 0.29) is 19.8 Å². The molecule has 0 heterocycles. The number of hydrogen-bond acceptors (Lipinski definition) is 6. The number of aliphatic hydroxyl groups is 3. The summed E-state index contributed by atoms with van der Waals surface area (Å²) in [5.41, 5.74) is 0. The van der Waals surface area contributed by atoms with Crippen LogP contribution in [0.1, 0.15) is 194 Å². The number of aliphatic hydroxyl groups excluding tert-OH is 3. The highest BCUT2D eigenvalue weighted by Crippen LogP contribution is 2.14. The summed E-state index contributed by atoms with van der Waals surface area (Å²) in [5, 5.41) is 42.4. The molecular formula is C38H79NO7. The highest BCUT2D eigenvalue weighted by Gasteiger charge is 2.01. The van der Waals surface area contributed by atoms with Crippen molar-refractivity contribution in [3.63, 3.8) is 0 Å². The van der Waals surface area contributed by atoms with Crippen LogP contribution in [0.15, 0.2) is 0 Å². The Morgan fingerprint density at radius 2 is 0.565 bits per heavy atom. The monoisotopic (exact) mass is 662 g/mol. The molecule has 0 saturated carbocycles. The summed E-state index contributed by atoms with van der Waals surface area (Å²) in [5.74, 6) is -1.31. The normalized spacial score (nSPS) is 10.7. The third-order valence-corrected chi connectivity index (χ3v) is 8.24. The number of carbonyl (C=O) groups is 2. The Labute approximate surface area is 284 Å². The molecular weight excluding hydrogens is 582 g/mol. The van der Waals surface area contributed by atoms with Crippen molar-refractivity contribution < 1.29 is 35.1 Å². The van der Waals surface area contributed by atoms with E-state index in [1.54, 1.807) is 4.90 Å². The van der Waals surface area contributed by atoms with Gasteiger partial charge in [0.05, 0.1) is 19.8 Å². The second kappa shape index (κ2) is 45.9. The fraction of sp³-hybridized carbons (Fsp3) is 0.947. The van der Waals surface area contributed by atoms with Crippen molar-refractivity contribution in [1.29, 1.82) is 0 Å². The average Bonchev–Trinajstić information content (AvgIpc) is 3.02. The molecule has 8 nitrogen and oxygen atoms in total. The van der Waals surface area contributed by atoms with Gasteiger partial charge in [-0.05, 0) is 12.8 Å². The first-order valence-corrected chi connectivity index (χ1v) is 19.4. The summed E-state index contributed by atoms with van der Waals surface area (Å²) in [4.78, 5) is 22.4. The molecule has 0 aromatic heterocycles. The van der Waals surface area contributed by atoms with Crippen LogP contribution in [0, 0.1) is 0 Å². The molecule has 0 aliphatic carbocycles. The van der Waals surface area contributed by atoms with Crippen molar-refractivity contribution in [3.8, 4) is 0 Å². The first-order valence-electron chi connectivity index (χ1n) is 19.4. The Hall–Kier alpha value is -1.22. The number of carboxylic acids is 2. The fourth-order valence-corrected chi connectivity index (χ4v) is 5.35. The fourth-order valence-electron chi connectivity index (χ4n) is 5.35. The summed E-state index contributed by atoms with van der Waals surface area (Å²) in [6, 6.07) is 0. The van der Waals surface area contributed by atoms with Crippen LogP contribution < -0.4 is 0 Å². The molecule has 0 rings (SSSR count). The van der Waals surface area contributed by atoms with Gasteiger partial charge in [-0.15, -0.1) is 0 Å². The first kappa shape index (κ1) is 49.2. The lowest BCUT2D eigenvalue weighted by Crippen LogP contribution is -2.32. The highest BCUT2D eigenvalue weighted by atomic mass is 16.4. The van der Waals surface area contributed by atoms with Gasteiger partial charge >= 0.3 is 11.9 Å². The first-order chi connectivity index (χ1) is 22.4. The van der Waals surface area contributed by atoms with Gasteiger partial charge in [-0.25, -0.2) is 0 Å². The van der Waals surface area contributed by atoms with Crippen molar-refractivity contribution in [3.05, 3.63) is 0 Å². The zero-order valence-corrected chi connectivity index (χ0v) is 30.5. The van der Waals surface area contributed by atoms with E-state index in [2.05, 4.69) is 13.8 Å². The topological polar surface area (TPSA) is 139 Å².